The highest BCUT2D eigenvalue weighted by Crippen LogP contribution is 2.19. The van der Waals surface area contributed by atoms with Crippen LogP contribution in [-0.4, -0.2) is 0 Å². The maximum atomic E-state index is 6.16. The first kappa shape index (κ1) is 14.2. The van der Waals surface area contributed by atoms with Gasteiger partial charge in [0.15, 0.2) is 0 Å². The van der Waals surface area contributed by atoms with E-state index in [0.29, 0.717) is 0 Å². The van der Waals surface area contributed by atoms with Crippen LogP contribution in [0.25, 0.3) is 5.70 Å². The summed E-state index contributed by atoms with van der Waals surface area (Å²) in [5.41, 5.74) is 12.9. The van der Waals surface area contributed by atoms with Gasteiger partial charge in [0.1, 0.15) is 0 Å². The van der Waals surface area contributed by atoms with E-state index in [1.165, 1.54) is 16.7 Å². The average molecular weight is 266 g/mol. The molecule has 0 aliphatic carbocycles. The van der Waals surface area contributed by atoms with Crippen LogP contribution in [0.2, 0.25) is 0 Å². The Morgan fingerprint density at radius 1 is 1.15 bits per heavy atom. The molecule has 0 aromatic heterocycles. The van der Waals surface area contributed by atoms with Crippen molar-refractivity contribution in [2.75, 3.05) is 5.32 Å². The fourth-order valence-corrected chi connectivity index (χ4v) is 2.29. The number of aryl methyl sites for hydroxylation is 3. The van der Waals surface area contributed by atoms with Crippen molar-refractivity contribution in [3.05, 3.63) is 70.9 Å². The Morgan fingerprint density at radius 2 is 1.90 bits per heavy atom. The standard InChI is InChI=1S/C18H22N2/c1-4-15-11-13(2)9-10-18(15)20-12-17(19)16-8-6-5-7-14(16)3/h5-12,20H,4,19H2,1-3H3/b17-12-. The Kier molecular flexibility index (Phi) is 4.46. The van der Waals surface area contributed by atoms with Gasteiger partial charge in [-0.05, 0) is 37.5 Å². The molecule has 0 saturated heterocycles. The number of anilines is 1. The molecule has 0 spiro atoms. The van der Waals surface area contributed by atoms with Crippen molar-refractivity contribution in [1.29, 1.82) is 0 Å². The quantitative estimate of drug-likeness (QED) is 0.869. The van der Waals surface area contributed by atoms with Crippen molar-refractivity contribution < 1.29 is 0 Å². The van der Waals surface area contributed by atoms with Gasteiger partial charge in [0.05, 0.1) is 5.70 Å². The van der Waals surface area contributed by atoms with E-state index in [0.717, 1.165) is 23.4 Å². The summed E-state index contributed by atoms with van der Waals surface area (Å²) < 4.78 is 0. The van der Waals surface area contributed by atoms with Crippen LogP contribution in [0.4, 0.5) is 5.69 Å². The van der Waals surface area contributed by atoms with Crippen molar-refractivity contribution in [3.8, 4) is 0 Å². The maximum Gasteiger partial charge on any atom is 0.0553 e. The van der Waals surface area contributed by atoms with Crippen molar-refractivity contribution in [2.24, 2.45) is 5.73 Å². The Labute approximate surface area is 121 Å². The lowest BCUT2D eigenvalue weighted by Gasteiger charge is -2.11. The zero-order chi connectivity index (χ0) is 14.5. The van der Waals surface area contributed by atoms with Crippen LogP contribution in [0, 0.1) is 13.8 Å². The van der Waals surface area contributed by atoms with Gasteiger partial charge >= 0.3 is 0 Å². The van der Waals surface area contributed by atoms with Crippen molar-refractivity contribution in [1.82, 2.24) is 0 Å². The van der Waals surface area contributed by atoms with Gasteiger partial charge in [-0.3, -0.25) is 0 Å². The largest absolute Gasteiger partial charge is 0.397 e. The topological polar surface area (TPSA) is 38.0 Å². The molecule has 20 heavy (non-hydrogen) atoms. The smallest absolute Gasteiger partial charge is 0.0553 e. The second-order valence-corrected chi connectivity index (χ2v) is 5.07. The van der Waals surface area contributed by atoms with Crippen LogP contribution >= 0.6 is 0 Å². The summed E-state index contributed by atoms with van der Waals surface area (Å²) in [6.45, 7) is 6.34. The third-order valence-electron chi connectivity index (χ3n) is 3.48. The predicted molar refractivity (Wildman–Crippen MR) is 87.5 cm³/mol. The predicted octanol–water partition coefficient (Wildman–Crippen LogP) is 4.24. The molecule has 0 atom stereocenters. The molecule has 0 saturated carbocycles. The Morgan fingerprint density at radius 3 is 2.60 bits per heavy atom. The van der Waals surface area contributed by atoms with Gasteiger partial charge in [-0.15, -0.1) is 0 Å². The van der Waals surface area contributed by atoms with Crippen molar-refractivity contribution in [3.63, 3.8) is 0 Å². The second kappa shape index (κ2) is 6.29. The van der Waals surface area contributed by atoms with E-state index in [-0.39, 0.29) is 0 Å². The van der Waals surface area contributed by atoms with Crippen molar-refractivity contribution in [2.45, 2.75) is 27.2 Å². The van der Waals surface area contributed by atoms with Gasteiger partial charge in [0.2, 0.25) is 0 Å². The minimum Gasteiger partial charge on any atom is -0.397 e. The summed E-state index contributed by atoms with van der Waals surface area (Å²) in [6.07, 6.45) is 2.88. The molecule has 2 nitrogen and oxygen atoms in total. The molecule has 0 fully saturated rings. The summed E-state index contributed by atoms with van der Waals surface area (Å²) in [6, 6.07) is 14.6. The third kappa shape index (κ3) is 3.21. The summed E-state index contributed by atoms with van der Waals surface area (Å²) in [4.78, 5) is 0. The third-order valence-corrected chi connectivity index (χ3v) is 3.48. The monoisotopic (exact) mass is 266 g/mol. The van der Waals surface area contributed by atoms with Crippen LogP contribution in [0.3, 0.4) is 0 Å². The number of nitrogens with two attached hydrogens (primary N) is 1. The van der Waals surface area contributed by atoms with E-state index in [9.17, 15) is 0 Å². The molecule has 0 amide bonds. The Hall–Kier alpha value is -2.22. The van der Waals surface area contributed by atoms with E-state index in [4.69, 9.17) is 5.73 Å². The summed E-state index contributed by atoms with van der Waals surface area (Å²) in [5.74, 6) is 0. The SMILES string of the molecule is CCc1cc(C)ccc1N/C=C(\N)c1ccccc1C. The molecule has 3 N–H and O–H groups in total. The lowest BCUT2D eigenvalue weighted by atomic mass is 10.1. The maximum absolute atomic E-state index is 6.16. The van der Waals surface area contributed by atoms with Gasteiger partial charge in [0, 0.05) is 17.5 Å². The molecule has 2 aromatic carbocycles. The lowest BCUT2D eigenvalue weighted by molar-refractivity contribution is 1.13. The molecule has 0 bridgehead atoms. The van der Waals surface area contributed by atoms with Crippen LogP contribution in [0.5, 0.6) is 0 Å². The van der Waals surface area contributed by atoms with Gasteiger partial charge in [-0.2, -0.15) is 0 Å². The van der Waals surface area contributed by atoms with Gasteiger partial charge < -0.3 is 11.1 Å². The molecule has 0 aliphatic heterocycles. The summed E-state index contributed by atoms with van der Waals surface area (Å²) >= 11 is 0. The highest BCUT2D eigenvalue weighted by molar-refractivity contribution is 5.68. The van der Waals surface area contributed by atoms with Gasteiger partial charge in [0.25, 0.3) is 0 Å². The minimum absolute atomic E-state index is 0.755. The van der Waals surface area contributed by atoms with Gasteiger partial charge in [-0.1, -0.05) is 48.9 Å². The number of hydrogen-bond donors (Lipinski definition) is 2. The molecule has 0 aliphatic rings. The molecular weight excluding hydrogens is 244 g/mol. The molecule has 2 heteroatoms. The summed E-state index contributed by atoms with van der Waals surface area (Å²) in [5, 5.41) is 3.33. The van der Waals surface area contributed by atoms with Crippen LogP contribution in [0.15, 0.2) is 48.7 Å². The fraction of sp³-hybridized carbons (Fsp3) is 0.222. The van der Waals surface area contributed by atoms with E-state index >= 15 is 0 Å². The average Bonchev–Trinajstić information content (AvgIpc) is 2.46. The number of hydrogen-bond acceptors (Lipinski definition) is 2. The normalized spacial score (nSPS) is 11.4. The van der Waals surface area contributed by atoms with Gasteiger partial charge in [-0.25, -0.2) is 0 Å². The second-order valence-electron chi connectivity index (χ2n) is 5.07. The first-order valence-corrected chi connectivity index (χ1v) is 6.99. The molecule has 2 aromatic rings. The highest BCUT2D eigenvalue weighted by atomic mass is 14.9. The fourth-order valence-electron chi connectivity index (χ4n) is 2.29. The van der Waals surface area contributed by atoms with E-state index in [2.05, 4.69) is 50.4 Å². The molecule has 0 radical (unpaired) electrons. The van der Waals surface area contributed by atoms with Crippen molar-refractivity contribution >= 4 is 11.4 Å². The summed E-state index contributed by atoms with van der Waals surface area (Å²) in [7, 11) is 0. The molecule has 2 rings (SSSR count). The Bertz CT molecular complexity index is 627. The molecular formula is C18H22N2. The first-order chi connectivity index (χ1) is 9.61. The number of benzene rings is 2. The zero-order valence-electron chi connectivity index (χ0n) is 12.4. The highest BCUT2D eigenvalue weighted by Gasteiger charge is 2.02. The lowest BCUT2D eigenvalue weighted by Crippen LogP contribution is -2.03. The number of nitrogens with one attached hydrogen (secondary N) is 1. The first-order valence-electron chi connectivity index (χ1n) is 6.99. The molecule has 0 unspecified atom stereocenters. The minimum atomic E-state index is 0.755. The number of rotatable bonds is 4. The van der Waals surface area contributed by atoms with Crippen LogP contribution in [-0.2, 0) is 6.42 Å². The van der Waals surface area contributed by atoms with Crippen LogP contribution < -0.4 is 11.1 Å². The van der Waals surface area contributed by atoms with E-state index < -0.39 is 0 Å². The molecule has 104 valence electrons. The van der Waals surface area contributed by atoms with E-state index in [1.807, 2.05) is 24.4 Å². The molecule has 0 heterocycles. The van der Waals surface area contributed by atoms with E-state index in [1.54, 1.807) is 0 Å². The Balaban J connectivity index is 2.23. The zero-order valence-corrected chi connectivity index (χ0v) is 12.4. The van der Waals surface area contributed by atoms with Crippen LogP contribution in [0.1, 0.15) is 29.2 Å².